The number of anilines is 1. The van der Waals surface area contributed by atoms with Crippen LogP contribution in [0, 0.1) is 5.92 Å². The van der Waals surface area contributed by atoms with E-state index in [1.807, 2.05) is 0 Å². The molecule has 2 rings (SSSR count). The van der Waals surface area contributed by atoms with Crippen LogP contribution in [0.15, 0.2) is 24.4 Å². The number of amides is 1. The molecule has 1 aliphatic heterocycles. The van der Waals surface area contributed by atoms with Crippen LogP contribution >= 0.6 is 0 Å². The first-order valence-electron chi connectivity index (χ1n) is 6.14. The molecule has 1 aromatic heterocycles. The second-order valence-corrected chi connectivity index (χ2v) is 6.65. The van der Waals surface area contributed by atoms with Gasteiger partial charge in [-0.25, -0.2) is 17.7 Å². The van der Waals surface area contributed by atoms with E-state index in [0.29, 0.717) is 25.2 Å². The Morgan fingerprint density at radius 3 is 2.89 bits per heavy atom. The molecule has 0 bridgehead atoms. The predicted molar refractivity (Wildman–Crippen MR) is 72.0 cm³/mol. The molecule has 0 spiro atoms. The van der Waals surface area contributed by atoms with Crippen LogP contribution < -0.4 is 5.32 Å². The van der Waals surface area contributed by atoms with Gasteiger partial charge in [0, 0.05) is 19.3 Å². The minimum Gasteiger partial charge on any atom is -0.310 e. The van der Waals surface area contributed by atoms with Crippen molar-refractivity contribution in [3.8, 4) is 0 Å². The molecule has 19 heavy (non-hydrogen) atoms. The van der Waals surface area contributed by atoms with Gasteiger partial charge in [-0.3, -0.25) is 4.79 Å². The molecule has 1 aliphatic rings. The van der Waals surface area contributed by atoms with Gasteiger partial charge in [-0.15, -0.1) is 0 Å². The normalized spacial score (nSPS) is 21.0. The van der Waals surface area contributed by atoms with Crippen LogP contribution in [-0.2, 0) is 14.8 Å². The van der Waals surface area contributed by atoms with E-state index in [1.165, 1.54) is 10.6 Å². The van der Waals surface area contributed by atoms with Crippen molar-refractivity contribution in [1.29, 1.82) is 0 Å². The van der Waals surface area contributed by atoms with Crippen LogP contribution in [0.3, 0.4) is 0 Å². The van der Waals surface area contributed by atoms with E-state index in [4.69, 9.17) is 0 Å². The maximum atomic E-state index is 12.1. The van der Waals surface area contributed by atoms with Gasteiger partial charge in [0.1, 0.15) is 5.82 Å². The number of piperidine rings is 1. The van der Waals surface area contributed by atoms with Gasteiger partial charge in [0.05, 0.1) is 12.2 Å². The van der Waals surface area contributed by atoms with Gasteiger partial charge in [0.15, 0.2) is 0 Å². The fraction of sp³-hybridized carbons (Fsp3) is 0.500. The molecule has 0 aliphatic carbocycles. The maximum Gasteiger partial charge on any atom is 0.229 e. The molecule has 6 nitrogen and oxygen atoms in total. The maximum absolute atomic E-state index is 12.1. The molecule has 2 heterocycles. The van der Waals surface area contributed by atoms with E-state index in [1.54, 1.807) is 24.4 Å². The van der Waals surface area contributed by atoms with Gasteiger partial charge < -0.3 is 5.32 Å². The number of hydrogen-bond donors (Lipinski definition) is 1. The smallest absolute Gasteiger partial charge is 0.229 e. The standard InChI is InChI=1S/C12H17N3O3S/c1-19(17,18)15-8-4-5-10(9-15)12(16)14-11-6-2-3-7-13-11/h2-3,6-7,10H,4-5,8-9H2,1H3,(H,13,14,16)/t10-/m1/s1. The van der Waals surface area contributed by atoms with Crippen LogP contribution in [0.4, 0.5) is 5.82 Å². The Kier molecular flexibility index (Phi) is 4.16. The Balaban J connectivity index is 2.00. The molecule has 0 unspecified atom stereocenters. The summed E-state index contributed by atoms with van der Waals surface area (Å²) >= 11 is 0. The van der Waals surface area contributed by atoms with E-state index in [9.17, 15) is 13.2 Å². The van der Waals surface area contributed by atoms with Crippen molar-refractivity contribution in [1.82, 2.24) is 9.29 Å². The predicted octanol–water partition coefficient (Wildman–Crippen LogP) is 0.692. The quantitative estimate of drug-likeness (QED) is 0.885. The second-order valence-electron chi connectivity index (χ2n) is 4.66. The lowest BCUT2D eigenvalue weighted by Gasteiger charge is -2.29. The van der Waals surface area contributed by atoms with Crippen LogP contribution in [0.1, 0.15) is 12.8 Å². The number of rotatable bonds is 3. The van der Waals surface area contributed by atoms with E-state index in [2.05, 4.69) is 10.3 Å². The van der Waals surface area contributed by atoms with E-state index in [0.717, 1.165) is 0 Å². The van der Waals surface area contributed by atoms with Crippen LogP contribution in [0.5, 0.6) is 0 Å². The monoisotopic (exact) mass is 283 g/mol. The number of hydrogen-bond acceptors (Lipinski definition) is 4. The van der Waals surface area contributed by atoms with Crippen LogP contribution in [-0.4, -0.2) is 43.0 Å². The molecule has 0 radical (unpaired) electrons. The van der Waals surface area contributed by atoms with Gasteiger partial charge in [-0.1, -0.05) is 6.07 Å². The van der Waals surface area contributed by atoms with Gasteiger partial charge in [-0.05, 0) is 25.0 Å². The highest BCUT2D eigenvalue weighted by atomic mass is 32.2. The number of nitrogens with zero attached hydrogens (tertiary/aromatic N) is 2. The highest BCUT2D eigenvalue weighted by Crippen LogP contribution is 2.20. The summed E-state index contributed by atoms with van der Waals surface area (Å²) in [7, 11) is -3.23. The van der Waals surface area contributed by atoms with Crippen molar-refractivity contribution in [2.45, 2.75) is 12.8 Å². The van der Waals surface area contributed by atoms with Gasteiger partial charge >= 0.3 is 0 Å². The summed E-state index contributed by atoms with van der Waals surface area (Å²) in [5.41, 5.74) is 0. The molecule has 1 aromatic rings. The first-order valence-corrected chi connectivity index (χ1v) is 7.98. The zero-order chi connectivity index (χ0) is 13.9. The molecular weight excluding hydrogens is 266 g/mol. The summed E-state index contributed by atoms with van der Waals surface area (Å²) in [4.78, 5) is 16.1. The van der Waals surface area contributed by atoms with Crippen molar-refractivity contribution in [2.75, 3.05) is 24.7 Å². The molecule has 1 N–H and O–H groups in total. The van der Waals surface area contributed by atoms with Crippen LogP contribution in [0.2, 0.25) is 0 Å². The minimum atomic E-state index is -3.23. The van der Waals surface area contributed by atoms with Gasteiger partial charge in [0.2, 0.25) is 15.9 Å². The summed E-state index contributed by atoms with van der Waals surface area (Å²) in [6.07, 6.45) is 4.17. The molecule has 1 saturated heterocycles. The summed E-state index contributed by atoms with van der Waals surface area (Å²) in [5.74, 6) is 0.00140. The van der Waals surface area contributed by atoms with Crippen molar-refractivity contribution < 1.29 is 13.2 Å². The Labute approximate surface area is 112 Å². The van der Waals surface area contributed by atoms with E-state index >= 15 is 0 Å². The fourth-order valence-electron chi connectivity index (χ4n) is 2.12. The average Bonchev–Trinajstić information content (AvgIpc) is 2.39. The van der Waals surface area contributed by atoms with Gasteiger partial charge in [-0.2, -0.15) is 0 Å². The lowest BCUT2D eigenvalue weighted by Crippen LogP contribution is -2.43. The zero-order valence-electron chi connectivity index (χ0n) is 10.7. The first-order chi connectivity index (χ1) is 8.97. The largest absolute Gasteiger partial charge is 0.310 e. The third-order valence-corrected chi connectivity index (χ3v) is 4.41. The number of carbonyl (C=O) groups excluding carboxylic acids is 1. The van der Waals surface area contributed by atoms with Gasteiger partial charge in [0.25, 0.3) is 0 Å². The zero-order valence-corrected chi connectivity index (χ0v) is 11.6. The molecule has 1 amide bonds. The van der Waals surface area contributed by atoms with E-state index in [-0.39, 0.29) is 18.4 Å². The number of nitrogens with one attached hydrogen (secondary N) is 1. The highest BCUT2D eigenvalue weighted by molar-refractivity contribution is 7.88. The number of carbonyl (C=O) groups is 1. The molecule has 1 fully saturated rings. The second kappa shape index (κ2) is 5.66. The Morgan fingerprint density at radius 2 is 2.26 bits per heavy atom. The van der Waals surface area contributed by atoms with Crippen molar-refractivity contribution in [2.24, 2.45) is 5.92 Å². The number of pyridine rings is 1. The third-order valence-electron chi connectivity index (χ3n) is 3.14. The Morgan fingerprint density at radius 1 is 1.47 bits per heavy atom. The minimum absolute atomic E-state index is 0.174. The Hall–Kier alpha value is -1.47. The van der Waals surface area contributed by atoms with Crippen LogP contribution in [0.25, 0.3) is 0 Å². The lowest BCUT2D eigenvalue weighted by molar-refractivity contribution is -0.120. The lowest BCUT2D eigenvalue weighted by atomic mass is 9.99. The first kappa shape index (κ1) is 14.0. The third kappa shape index (κ3) is 3.74. The molecule has 104 valence electrons. The SMILES string of the molecule is CS(=O)(=O)N1CCC[C@@H](C(=O)Nc2ccccn2)C1. The van der Waals surface area contributed by atoms with E-state index < -0.39 is 10.0 Å². The average molecular weight is 283 g/mol. The fourth-order valence-corrected chi connectivity index (χ4v) is 3.03. The Bertz CT molecular complexity index is 545. The van der Waals surface area contributed by atoms with Crippen molar-refractivity contribution >= 4 is 21.7 Å². The highest BCUT2D eigenvalue weighted by Gasteiger charge is 2.30. The van der Waals surface area contributed by atoms with Crippen molar-refractivity contribution in [3.63, 3.8) is 0 Å². The van der Waals surface area contributed by atoms with Crippen molar-refractivity contribution in [3.05, 3.63) is 24.4 Å². The summed E-state index contributed by atoms with van der Waals surface area (Å²) < 4.78 is 24.3. The summed E-state index contributed by atoms with van der Waals surface area (Å²) in [6, 6.07) is 5.25. The molecule has 1 atom stereocenters. The molecule has 0 aromatic carbocycles. The molecule has 7 heteroatoms. The summed E-state index contributed by atoms with van der Waals surface area (Å²) in [6.45, 7) is 0.740. The topological polar surface area (TPSA) is 79.4 Å². The number of sulfonamides is 1. The number of aromatic nitrogens is 1. The molecular formula is C12H17N3O3S. The molecule has 0 saturated carbocycles. The summed E-state index contributed by atoms with van der Waals surface area (Å²) in [5, 5.41) is 2.71.